The fraction of sp³-hybridized carbons (Fsp3) is 0.471. The van der Waals surface area contributed by atoms with E-state index in [0.29, 0.717) is 19.4 Å². The summed E-state index contributed by atoms with van der Waals surface area (Å²) in [7, 11) is 0. The van der Waals surface area contributed by atoms with Crippen molar-refractivity contribution in [2.24, 2.45) is 0 Å². The van der Waals surface area contributed by atoms with E-state index in [2.05, 4.69) is 4.74 Å². The monoisotopic (exact) mass is 380 g/mol. The molecule has 1 aliphatic rings. The molecule has 0 saturated carbocycles. The molecule has 146 valence electrons. The molecule has 1 saturated heterocycles. The van der Waals surface area contributed by atoms with Crippen molar-refractivity contribution >= 4 is 23.9 Å². The molecule has 0 N–H and O–H groups in total. The molecule has 0 radical (unpaired) electrons. The SMILES string of the molecule is CC(C)(C)OC(=O)N1CCC[C@H]1C(=O)OC(=O)Oc1ccc([N+](=O)[O-])cc1. The van der Waals surface area contributed by atoms with Gasteiger partial charge < -0.3 is 14.2 Å². The van der Waals surface area contributed by atoms with Gasteiger partial charge in [0.1, 0.15) is 17.4 Å². The lowest BCUT2D eigenvalue weighted by Crippen LogP contribution is -2.44. The van der Waals surface area contributed by atoms with Crippen LogP contribution in [0.15, 0.2) is 24.3 Å². The summed E-state index contributed by atoms with van der Waals surface area (Å²) in [6.45, 7) is 5.42. The van der Waals surface area contributed by atoms with Gasteiger partial charge in [0.2, 0.25) is 0 Å². The Hall–Kier alpha value is -3.17. The zero-order chi connectivity index (χ0) is 20.2. The van der Waals surface area contributed by atoms with Gasteiger partial charge in [0.15, 0.2) is 0 Å². The zero-order valence-electron chi connectivity index (χ0n) is 15.2. The Morgan fingerprint density at radius 2 is 1.81 bits per heavy atom. The summed E-state index contributed by atoms with van der Waals surface area (Å²) in [6, 6.07) is 3.75. The number of rotatable bonds is 3. The minimum absolute atomic E-state index is 0.0196. The van der Waals surface area contributed by atoms with Gasteiger partial charge in [-0.05, 0) is 45.7 Å². The predicted molar refractivity (Wildman–Crippen MR) is 91.2 cm³/mol. The second-order valence-corrected chi connectivity index (χ2v) is 6.86. The summed E-state index contributed by atoms with van der Waals surface area (Å²) >= 11 is 0. The molecule has 0 unspecified atom stereocenters. The number of nitro benzene ring substituents is 1. The highest BCUT2D eigenvalue weighted by atomic mass is 16.7. The number of nitro groups is 1. The van der Waals surface area contributed by atoms with E-state index < -0.39 is 34.8 Å². The van der Waals surface area contributed by atoms with E-state index in [9.17, 15) is 24.5 Å². The van der Waals surface area contributed by atoms with Gasteiger partial charge in [0.25, 0.3) is 5.69 Å². The lowest BCUT2D eigenvalue weighted by molar-refractivity contribution is -0.384. The molecule has 0 bridgehead atoms. The maximum Gasteiger partial charge on any atom is 0.521 e. The molecule has 27 heavy (non-hydrogen) atoms. The molecule has 1 aromatic carbocycles. The molecule has 1 atom stereocenters. The number of hydrogen-bond acceptors (Lipinski definition) is 8. The maximum absolute atomic E-state index is 12.2. The van der Waals surface area contributed by atoms with E-state index in [-0.39, 0.29) is 11.4 Å². The van der Waals surface area contributed by atoms with Crippen molar-refractivity contribution in [3.63, 3.8) is 0 Å². The molecule has 1 amide bonds. The van der Waals surface area contributed by atoms with Crippen LogP contribution in [0.5, 0.6) is 5.75 Å². The molecule has 1 fully saturated rings. The van der Waals surface area contributed by atoms with Crippen molar-refractivity contribution in [2.45, 2.75) is 45.3 Å². The predicted octanol–water partition coefficient (Wildman–Crippen LogP) is 3.04. The second-order valence-electron chi connectivity index (χ2n) is 6.86. The van der Waals surface area contributed by atoms with Crippen LogP contribution in [0.4, 0.5) is 15.3 Å². The van der Waals surface area contributed by atoms with Crippen LogP contribution in [0.1, 0.15) is 33.6 Å². The quantitative estimate of drug-likeness (QED) is 0.257. The normalized spacial score (nSPS) is 16.6. The van der Waals surface area contributed by atoms with E-state index in [1.165, 1.54) is 17.0 Å². The summed E-state index contributed by atoms with van der Waals surface area (Å²) in [5, 5.41) is 10.6. The van der Waals surface area contributed by atoms with E-state index in [1.807, 2.05) is 0 Å². The number of nitrogens with zero attached hydrogens (tertiary/aromatic N) is 2. The van der Waals surface area contributed by atoms with Gasteiger partial charge in [-0.25, -0.2) is 14.4 Å². The number of carbonyl (C=O) groups is 3. The number of carbonyl (C=O) groups excluding carboxylic acids is 3. The number of amides is 1. The number of benzene rings is 1. The van der Waals surface area contributed by atoms with Crippen LogP contribution in [-0.2, 0) is 14.3 Å². The van der Waals surface area contributed by atoms with Crippen molar-refractivity contribution in [3.05, 3.63) is 34.4 Å². The topological polar surface area (TPSA) is 125 Å². The van der Waals surface area contributed by atoms with Gasteiger partial charge in [0.05, 0.1) is 4.92 Å². The average Bonchev–Trinajstić information content (AvgIpc) is 3.03. The summed E-state index contributed by atoms with van der Waals surface area (Å²) in [5.41, 5.74) is -0.894. The third kappa shape index (κ3) is 5.66. The Balaban J connectivity index is 1.93. The third-order valence-corrected chi connectivity index (χ3v) is 3.59. The second kappa shape index (κ2) is 8.02. The summed E-state index contributed by atoms with van der Waals surface area (Å²) in [4.78, 5) is 47.3. The average molecular weight is 380 g/mol. The standard InChI is InChI=1S/C17H20N2O8/c1-17(2,3)27-15(21)18-10-4-5-13(18)14(20)26-16(22)25-12-8-6-11(7-9-12)19(23)24/h6-9,13H,4-5,10H2,1-3H3/t13-/m0/s1. The first-order valence-corrected chi connectivity index (χ1v) is 8.24. The highest BCUT2D eigenvalue weighted by molar-refractivity contribution is 5.89. The Morgan fingerprint density at radius 1 is 1.19 bits per heavy atom. The Kier molecular flexibility index (Phi) is 5.98. The molecule has 10 nitrogen and oxygen atoms in total. The lowest BCUT2D eigenvalue weighted by atomic mass is 10.2. The number of likely N-dealkylation sites (tertiary alicyclic amines) is 1. The van der Waals surface area contributed by atoms with Crippen LogP contribution in [-0.4, -0.2) is 46.2 Å². The fourth-order valence-corrected chi connectivity index (χ4v) is 2.45. The molecular formula is C17H20N2O8. The number of ether oxygens (including phenoxy) is 3. The summed E-state index contributed by atoms with van der Waals surface area (Å²) in [5.74, 6) is -0.945. The molecule has 0 spiro atoms. The first-order valence-electron chi connectivity index (χ1n) is 8.24. The minimum atomic E-state index is -1.29. The number of hydrogen-bond donors (Lipinski definition) is 0. The van der Waals surface area contributed by atoms with Gasteiger partial charge >= 0.3 is 18.2 Å². The van der Waals surface area contributed by atoms with E-state index >= 15 is 0 Å². The summed E-state index contributed by atoms with van der Waals surface area (Å²) < 4.78 is 14.7. The Morgan fingerprint density at radius 3 is 2.37 bits per heavy atom. The molecule has 10 heteroatoms. The van der Waals surface area contributed by atoms with Crippen LogP contribution in [0.3, 0.4) is 0 Å². The van der Waals surface area contributed by atoms with Crippen LogP contribution >= 0.6 is 0 Å². The van der Waals surface area contributed by atoms with Crippen molar-refractivity contribution in [3.8, 4) is 5.75 Å². The number of esters is 1. The molecule has 0 aliphatic carbocycles. The van der Waals surface area contributed by atoms with E-state index in [1.54, 1.807) is 20.8 Å². The third-order valence-electron chi connectivity index (χ3n) is 3.59. The van der Waals surface area contributed by atoms with Gasteiger partial charge in [-0.3, -0.25) is 15.0 Å². The van der Waals surface area contributed by atoms with Crippen LogP contribution < -0.4 is 4.74 Å². The van der Waals surface area contributed by atoms with E-state index in [4.69, 9.17) is 9.47 Å². The van der Waals surface area contributed by atoms with E-state index in [0.717, 1.165) is 12.1 Å². The molecular weight excluding hydrogens is 360 g/mol. The molecule has 0 aromatic heterocycles. The lowest BCUT2D eigenvalue weighted by Gasteiger charge is -2.27. The Bertz CT molecular complexity index is 738. The van der Waals surface area contributed by atoms with Crippen molar-refractivity contribution in [2.75, 3.05) is 6.54 Å². The highest BCUT2D eigenvalue weighted by Crippen LogP contribution is 2.22. The largest absolute Gasteiger partial charge is 0.521 e. The highest BCUT2D eigenvalue weighted by Gasteiger charge is 2.38. The van der Waals surface area contributed by atoms with Gasteiger partial charge in [0, 0.05) is 18.7 Å². The smallest absolute Gasteiger partial charge is 0.444 e. The minimum Gasteiger partial charge on any atom is -0.444 e. The van der Waals surface area contributed by atoms with Crippen LogP contribution in [0, 0.1) is 10.1 Å². The summed E-state index contributed by atoms with van der Waals surface area (Å²) in [6.07, 6.45) is -1.05. The Labute approximate surface area is 155 Å². The number of non-ortho nitro benzene ring substituents is 1. The first-order chi connectivity index (χ1) is 12.6. The first kappa shape index (κ1) is 20.1. The van der Waals surface area contributed by atoms with Crippen molar-refractivity contribution in [1.82, 2.24) is 4.90 Å². The van der Waals surface area contributed by atoms with Gasteiger partial charge in [-0.2, -0.15) is 0 Å². The zero-order valence-corrected chi connectivity index (χ0v) is 15.2. The molecule has 1 heterocycles. The van der Waals surface area contributed by atoms with Gasteiger partial charge in [-0.1, -0.05) is 0 Å². The maximum atomic E-state index is 12.2. The van der Waals surface area contributed by atoms with Gasteiger partial charge in [-0.15, -0.1) is 0 Å². The van der Waals surface area contributed by atoms with Crippen LogP contribution in [0.2, 0.25) is 0 Å². The van der Waals surface area contributed by atoms with Crippen molar-refractivity contribution in [1.29, 1.82) is 0 Å². The molecule has 1 aromatic rings. The molecule has 2 rings (SSSR count). The van der Waals surface area contributed by atoms with Crippen LogP contribution in [0.25, 0.3) is 0 Å². The fourth-order valence-electron chi connectivity index (χ4n) is 2.45. The van der Waals surface area contributed by atoms with Crippen molar-refractivity contribution < 1.29 is 33.5 Å². The molecule has 1 aliphatic heterocycles.